The number of piperazine rings is 1. The van der Waals surface area contributed by atoms with Gasteiger partial charge in [0.2, 0.25) is 5.91 Å². The summed E-state index contributed by atoms with van der Waals surface area (Å²) in [6, 6.07) is 13.0. The molecule has 4 rings (SSSR count). The molecule has 0 unspecified atom stereocenters. The Morgan fingerprint density at radius 3 is 2.55 bits per heavy atom. The number of piperidine rings is 1. The summed E-state index contributed by atoms with van der Waals surface area (Å²) in [6.45, 7) is 5.42. The molecule has 3 heterocycles. The summed E-state index contributed by atoms with van der Waals surface area (Å²) in [7, 11) is 0. The second-order valence-electron chi connectivity index (χ2n) is 8.20. The van der Waals surface area contributed by atoms with E-state index in [0.29, 0.717) is 25.4 Å². The van der Waals surface area contributed by atoms with Gasteiger partial charge in [0.1, 0.15) is 17.6 Å². The summed E-state index contributed by atoms with van der Waals surface area (Å²) in [5.74, 6) is 1.56. The first kappa shape index (κ1) is 21.2. The first-order chi connectivity index (χ1) is 15.1. The molecule has 2 aromatic rings. The molecule has 2 amide bonds. The predicted molar refractivity (Wildman–Crippen MR) is 119 cm³/mol. The molecule has 0 saturated carbocycles. The Hall–Kier alpha value is -3.09. The predicted octanol–water partition coefficient (Wildman–Crippen LogP) is 2.50. The van der Waals surface area contributed by atoms with Crippen molar-refractivity contribution in [1.82, 2.24) is 14.8 Å². The highest BCUT2D eigenvalue weighted by molar-refractivity contribution is 5.88. The Bertz CT molecular complexity index is 897. The van der Waals surface area contributed by atoms with Gasteiger partial charge in [0, 0.05) is 38.9 Å². The third-order valence-corrected chi connectivity index (χ3v) is 6.03. The van der Waals surface area contributed by atoms with Crippen LogP contribution in [0, 0.1) is 6.92 Å². The zero-order valence-electron chi connectivity index (χ0n) is 18.1. The van der Waals surface area contributed by atoms with Gasteiger partial charge in [-0.15, -0.1) is 0 Å². The van der Waals surface area contributed by atoms with Crippen molar-refractivity contribution in [1.29, 1.82) is 0 Å². The number of hydrogen-bond acceptors (Lipinski definition) is 5. The lowest BCUT2D eigenvalue weighted by molar-refractivity contribution is -0.149. The van der Waals surface area contributed by atoms with Gasteiger partial charge in [0.25, 0.3) is 5.91 Å². The van der Waals surface area contributed by atoms with Gasteiger partial charge in [-0.05, 0) is 56.0 Å². The highest BCUT2D eigenvalue weighted by Crippen LogP contribution is 2.22. The third-order valence-electron chi connectivity index (χ3n) is 6.03. The van der Waals surface area contributed by atoms with Crippen molar-refractivity contribution in [3.63, 3.8) is 0 Å². The lowest BCUT2D eigenvalue weighted by atomic mass is 10.0. The Morgan fingerprint density at radius 1 is 1.03 bits per heavy atom. The lowest BCUT2D eigenvalue weighted by Crippen LogP contribution is -2.57. The number of anilines is 1. The maximum atomic E-state index is 13.3. The number of aryl methyl sites for hydroxylation is 1. The third kappa shape index (κ3) is 5.16. The monoisotopic (exact) mass is 422 g/mol. The number of benzene rings is 1. The minimum absolute atomic E-state index is 0.0411. The van der Waals surface area contributed by atoms with E-state index >= 15 is 0 Å². The maximum absolute atomic E-state index is 13.3. The summed E-state index contributed by atoms with van der Waals surface area (Å²) in [5, 5.41) is 0. The fraction of sp³-hybridized carbons (Fsp3) is 0.458. The smallest absolute Gasteiger partial charge is 0.261 e. The van der Waals surface area contributed by atoms with Gasteiger partial charge in [-0.2, -0.15) is 0 Å². The Kier molecular flexibility index (Phi) is 6.70. The molecular weight excluding hydrogens is 392 g/mol. The molecule has 0 bridgehead atoms. The van der Waals surface area contributed by atoms with Crippen LogP contribution in [0.15, 0.2) is 48.7 Å². The first-order valence-corrected chi connectivity index (χ1v) is 11.1. The van der Waals surface area contributed by atoms with Gasteiger partial charge in [-0.3, -0.25) is 9.59 Å². The topological polar surface area (TPSA) is 66.0 Å². The number of pyridine rings is 1. The van der Waals surface area contributed by atoms with Crippen LogP contribution in [0.4, 0.5) is 5.82 Å². The van der Waals surface area contributed by atoms with Crippen molar-refractivity contribution in [2.75, 3.05) is 44.2 Å². The van der Waals surface area contributed by atoms with E-state index in [1.54, 1.807) is 4.90 Å². The molecule has 0 N–H and O–H groups in total. The van der Waals surface area contributed by atoms with Gasteiger partial charge in [0.05, 0.1) is 0 Å². The van der Waals surface area contributed by atoms with E-state index in [4.69, 9.17) is 4.74 Å². The van der Waals surface area contributed by atoms with Crippen LogP contribution in [-0.4, -0.2) is 72.0 Å². The highest BCUT2D eigenvalue weighted by Gasteiger charge is 2.36. The number of nitrogens with zero attached hydrogens (tertiary/aromatic N) is 4. The fourth-order valence-electron chi connectivity index (χ4n) is 4.29. The molecular formula is C24H30N4O3. The number of rotatable bonds is 5. The van der Waals surface area contributed by atoms with Crippen LogP contribution in [0.2, 0.25) is 0 Å². The molecule has 0 radical (unpaired) electrons. The molecule has 2 aliphatic heterocycles. The molecule has 2 saturated heterocycles. The molecule has 1 aromatic heterocycles. The van der Waals surface area contributed by atoms with Crippen LogP contribution in [0.25, 0.3) is 0 Å². The van der Waals surface area contributed by atoms with Gasteiger partial charge >= 0.3 is 0 Å². The number of aromatic nitrogens is 1. The number of amides is 2. The number of ether oxygens (including phenoxy) is 1. The van der Waals surface area contributed by atoms with E-state index in [9.17, 15) is 9.59 Å². The van der Waals surface area contributed by atoms with E-state index in [0.717, 1.165) is 38.2 Å². The normalized spacial score (nSPS) is 19.3. The number of para-hydroxylation sites is 1. The summed E-state index contributed by atoms with van der Waals surface area (Å²) in [6.07, 6.45) is 4.43. The molecule has 1 aromatic carbocycles. The largest absolute Gasteiger partial charge is 0.484 e. The maximum Gasteiger partial charge on any atom is 0.261 e. The van der Waals surface area contributed by atoms with Gasteiger partial charge in [0.15, 0.2) is 6.61 Å². The zero-order valence-corrected chi connectivity index (χ0v) is 18.1. The summed E-state index contributed by atoms with van der Waals surface area (Å²) >= 11 is 0. The molecule has 1 atom stereocenters. The minimum Gasteiger partial charge on any atom is -0.484 e. The number of hydrogen-bond donors (Lipinski definition) is 0. The van der Waals surface area contributed by atoms with Crippen molar-refractivity contribution in [3.8, 4) is 5.75 Å². The molecule has 2 fully saturated rings. The SMILES string of the molecule is Cc1ccnc(N2CCN(C(=O)[C@H]3CCCCN3C(=O)COc3ccccc3)CC2)c1. The van der Waals surface area contributed by atoms with Crippen LogP contribution in [0.3, 0.4) is 0 Å². The van der Waals surface area contributed by atoms with Gasteiger partial charge in [-0.1, -0.05) is 18.2 Å². The van der Waals surface area contributed by atoms with E-state index in [1.165, 1.54) is 5.56 Å². The Morgan fingerprint density at radius 2 is 1.81 bits per heavy atom. The standard InChI is InChI=1S/C24H30N4O3/c1-19-10-11-25-22(17-19)26-13-15-27(16-14-26)24(30)21-9-5-6-12-28(21)23(29)18-31-20-7-3-2-4-8-20/h2-4,7-8,10-11,17,21H,5-6,9,12-16,18H2,1H3/t21-/m1/s1. The second kappa shape index (κ2) is 9.81. The average Bonchev–Trinajstić information content (AvgIpc) is 2.83. The Labute approximate surface area is 183 Å². The molecule has 164 valence electrons. The zero-order chi connectivity index (χ0) is 21.6. The van der Waals surface area contributed by atoms with Crippen molar-refractivity contribution in [2.24, 2.45) is 0 Å². The lowest BCUT2D eigenvalue weighted by Gasteiger charge is -2.41. The van der Waals surface area contributed by atoms with Crippen molar-refractivity contribution < 1.29 is 14.3 Å². The molecule has 7 nitrogen and oxygen atoms in total. The van der Waals surface area contributed by atoms with Crippen molar-refractivity contribution in [3.05, 3.63) is 54.2 Å². The molecule has 31 heavy (non-hydrogen) atoms. The highest BCUT2D eigenvalue weighted by atomic mass is 16.5. The van der Waals surface area contributed by atoms with Crippen molar-refractivity contribution in [2.45, 2.75) is 32.2 Å². The summed E-state index contributed by atoms with van der Waals surface area (Å²) < 4.78 is 5.64. The second-order valence-corrected chi connectivity index (χ2v) is 8.20. The van der Waals surface area contributed by atoms with Crippen LogP contribution in [0.5, 0.6) is 5.75 Å². The number of carbonyl (C=O) groups excluding carboxylic acids is 2. The Balaban J connectivity index is 1.34. The van der Waals surface area contributed by atoms with E-state index in [1.807, 2.05) is 47.5 Å². The van der Waals surface area contributed by atoms with Crippen LogP contribution in [0.1, 0.15) is 24.8 Å². The summed E-state index contributed by atoms with van der Waals surface area (Å²) in [5.41, 5.74) is 1.18. The molecule has 7 heteroatoms. The molecule has 0 spiro atoms. The van der Waals surface area contributed by atoms with Crippen molar-refractivity contribution >= 4 is 17.6 Å². The van der Waals surface area contributed by atoms with Gasteiger partial charge in [-0.25, -0.2) is 4.98 Å². The fourth-order valence-corrected chi connectivity index (χ4v) is 4.29. The number of likely N-dealkylation sites (tertiary alicyclic amines) is 1. The number of carbonyl (C=O) groups is 2. The molecule has 2 aliphatic rings. The quantitative estimate of drug-likeness (QED) is 0.741. The first-order valence-electron chi connectivity index (χ1n) is 11.1. The van der Waals surface area contributed by atoms with Crippen LogP contribution < -0.4 is 9.64 Å². The van der Waals surface area contributed by atoms with Gasteiger partial charge < -0.3 is 19.4 Å². The van der Waals surface area contributed by atoms with E-state index in [-0.39, 0.29) is 24.5 Å². The molecule has 0 aliphatic carbocycles. The average molecular weight is 423 g/mol. The minimum atomic E-state index is -0.385. The van der Waals surface area contributed by atoms with E-state index in [2.05, 4.69) is 22.9 Å². The van der Waals surface area contributed by atoms with Crippen LogP contribution in [-0.2, 0) is 9.59 Å². The van der Waals surface area contributed by atoms with Crippen LogP contribution >= 0.6 is 0 Å². The van der Waals surface area contributed by atoms with E-state index < -0.39 is 0 Å². The summed E-state index contributed by atoms with van der Waals surface area (Å²) in [4.78, 5) is 36.5.